The van der Waals surface area contributed by atoms with Gasteiger partial charge in [-0.25, -0.2) is 4.98 Å². The molecule has 1 aliphatic rings. The SMILES string of the molecule is Cc1cn(-c2cc(Cl)cc(Cl)c2)c(NC2CCCCC2)n1. The molecular formula is C16H19Cl2N3. The van der Waals surface area contributed by atoms with Gasteiger partial charge in [-0.1, -0.05) is 42.5 Å². The van der Waals surface area contributed by atoms with Gasteiger partial charge in [-0.05, 0) is 38.0 Å². The van der Waals surface area contributed by atoms with Crippen LogP contribution in [0.1, 0.15) is 37.8 Å². The van der Waals surface area contributed by atoms with E-state index in [1.165, 1.54) is 32.1 Å². The molecule has 1 heterocycles. The van der Waals surface area contributed by atoms with Gasteiger partial charge in [-0.2, -0.15) is 0 Å². The lowest BCUT2D eigenvalue weighted by Crippen LogP contribution is -2.24. The fourth-order valence-corrected chi connectivity index (χ4v) is 3.42. The minimum Gasteiger partial charge on any atom is -0.353 e. The second-order valence-corrected chi connectivity index (χ2v) is 6.56. The van der Waals surface area contributed by atoms with Crippen LogP contribution in [0.2, 0.25) is 10.0 Å². The number of anilines is 1. The van der Waals surface area contributed by atoms with Crippen LogP contribution in [-0.2, 0) is 0 Å². The van der Waals surface area contributed by atoms with E-state index < -0.39 is 0 Å². The quantitative estimate of drug-likeness (QED) is 0.837. The van der Waals surface area contributed by atoms with Gasteiger partial charge in [0.15, 0.2) is 0 Å². The lowest BCUT2D eigenvalue weighted by Gasteiger charge is -2.23. The van der Waals surface area contributed by atoms with Gasteiger partial charge in [0.1, 0.15) is 0 Å². The van der Waals surface area contributed by atoms with Gasteiger partial charge in [0, 0.05) is 22.3 Å². The molecule has 0 unspecified atom stereocenters. The first-order valence-electron chi connectivity index (χ1n) is 7.41. The van der Waals surface area contributed by atoms with Crippen LogP contribution in [0, 0.1) is 6.92 Å². The number of halogens is 2. The highest BCUT2D eigenvalue weighted by atomic mass is 35.5. The third-order valence-electron chi connectivity index (χ3n) is 3.89. The zero-order valence-electron chi connectivity index (χ0n) is 12.1. The Kier molecular flexibility index (Phi) is 4.41. The van der Waals surface area contributed by atoms with Crippen molar-refractivity contribution in [1.29, 1.82) is 0 Å². The number of hydrogen-bond acceptors (Lipinski definition) is 2. The third kappa shape index (κ3) is 3.53. The molecule has 3 rings (SSSR count). The molecule has 0 amide bonds. The van der Waals surface area contributed by atoms with Crippen LogP contribution in [0.4, 0.5) is 5.95 Å². The second kappa shape index (κ2) is 6.29. The normalized spacial score (nSPS) is 16.1. The molecular weight excluding hydrogens is 305 g/mol. The smallest absolute Gasteiger partial charge is 0.207 e. The predicted molar refractivity (Wildman–Crippen MR) is 88.8 cm³/mol. The van der Waals surface area contributed by atoms with Gasteiger partial charge in [-0.3, -0.25) is 4.57 Å². The summed E-state index contributed by atoms with van der Waals surface area (Å²) in [7, 11) is 0. The number of aromatic nitrogens is 2. The molecule has 1 saturated carbocycles. The van der Waals surface area contributed by atoms with E-state index in [9.17, 15) is 0 Å². The maximum atomic E-state index is 6.11. The molecule has 0 spiro atoms. The Morgan fingerprint density at radius 1 is 1.10 bits per heavy atom. The molecule has 0 atom stereocenters. The predicted octanol–water partition coefficient (Wildman–Crippen LogP) is 5.23. The standard InChI is InChI=1S/C16H19Cl2N3/c1-11-10-21(15-8-12(17)7-13(18)9-15)16(19-11)20-14-5-3-2-4-6-14/h7-10,14H,2-6H2,1H3,(H,19,20). The number of rotatable bonds is 3. The van der Waals surface area contributed by atoms with Crippen molar-refractivity contribution in [1.82, 2.24) is 9.55 Å². The highest BCUT2D eigenvalue weighted by molar-refractivity contribution is 6.34. The van der Waals surface area contributed by atoms with Gasteiger partial charge in [-0.15, -0.1) is 0 Å². The molecule has 5 heteroatoms. The highest BCUT2D eigenvalue weighted by Gasteiger charge is 2.16. The first-order chi connectivity index (χ1) is 10.1. The van der Waals surface area contributed by atoms with E-state index in [0.717, 1.165) is 17.3 Å². The van der Waals surface area contributed by atoms with Crippen LogP contribution < -0.4 is 5.32 Å². The lowest BCUT2D eigenvalue weighted by molar-refractivity contribution is 0.460. The molecule has 1 aromatic heterocycles. The zero-order valence-corrected chi connectivity index (χ0v) is 13.6. The highest BCUT2D eigenvalue weighted by Crippen LogP contribution is 2.26. The van der Waals surface area contributed by atoms with E-state index in [-0.39, 0.29) is 0 Å². The monoisotopic (exact) mass is 323 g/mol. The molecule has 2 aromatic rings. The van der Waals surface area contributed by atoms with Crippen LogP contribution in [0.5, 0.6) is 0 Å². The molecule has 112 valence electrons. The van der Waals surface area contributed by atoms with Crippen molar-refractivity contribution in [2.45, 2.75) is 45.1 Å². The average Bonchev–Trinajstić information content (AvgIpc) is 2.80. The van der Waals surface area contributed by atoms with Gasteiger partial charge in [0.05, 0.1) is 11.4 Å². The molecule has 0 bridgehead atoms. The molecule has 1 aromatic carbocycles. The Morgan fingerprint density at radius 3 is 2.43 bits per heavy atom. The number of imidazole rings is 1. The summed E-state index contributed by atoms with van der Waals surface area (Å²) in [4.78, 5) is 4.61. The van der Waals surface area contributed by atoms with Crippen LogP contribution in [-0.4, -0.2) is 15.6 Å². The maximum Gasteiger partial charge on any atom is 0.207 e. The Bertz CT molecular complexity index is 610. The van der Waals surface area contributed by atoms with Gasteiger partial charge >= 0.3 is 0 Å². The number of benzene rings is 1. The van der Waals surface area contributed by atoms with E-state index in [1.807, 2.05) is 29.8 Å². The van der Waals surface area contributed by atoms with Crippen molar-refractivity contribution in [2.24, 2.45) is 0 Å². The van der Waals surface area contributed by atoms with Gasteiger partial charge in [0.2, 0.25) is 5.95 Å². The third-order valence-corrected chi connectivity index (χ3v) is 4.33. The first-order valence-corrected chi connectivity index (χ1v) is 8.16. The molecule has 1 N–H and O–H groups in total. The van der Waals surface area contributed by atoms with Crippen LogP contribution >= 0.6 is 23.2 Å². The molecule has 1 fully saturated rings. The van der Waals surface area contributed by atoms with E-state index in [0.29, 0.717) is 16.1 Å². The minimum atomic E-state index is 0.508. The summed E-state index contributed by atoms with van der Waals surface area (Å²) in [5, 5.41) is 4.84. The number of hydrogen-bond donors (Lipinski definition) is 1. The largest absolute Gasteiger partial charge is 0.353 e. The van der Waals surface area contributed by atoms with E-state index >= 15 is 0 Å². The number of nitrogens with zero attached hydrogens (tertiary/aromatic N) is 2. The molecule has 21 heavy (non-hydrogen) atoms. The number of nitrogens with one attached hydrogen (secondary N) is 1. The average molecular weight is 324 g/mol. The summed E-state index contributed by atoms with van der Waals surface area (Å²) in [5.41, 5.74) is 1.91. The minimum absolute atomic E-state index is 0.508. The Morgan fingerprint density at radius 2 is 1.76 bits per heavy atom. The zero-order chi connectivity index (χ0) is 14.8. The Balaban J connectivity index is 1.91. The van der Waals surface area contributed by atoms with Crippen molar-refractivity contribution >= 4 is 29.2 Å². The fourth-order valence-electron chi connectivity index (χ4n) is 2.90. The van der Waals surface area contributed by atoms with Crippen molar-refractivity contribution in [3.63, 3.8) is 0 Å². The van der Waals surface area contributed by atoms with E-state index in [4.69, 9.17) is 23.2 Å². The van der Waals surface area contributed by atoms with Crippen molar-refractivity contribution in [3.05, 3.63) is 40.1 Å². The molecule has 0 radical (unpaired) electrons. The van der Waals surface area contributed by atoms with Gasteiger partial charge in [0.25, 0.3) is 0 Å². The summed E-state index contributed by atoms with van der Waals surface area (Å²) in [5.74, 6) is 0.873. The van der Waals surface area contributed by atoms with E-state index in [2.05, 4.69) is 10.3 Å². The first kappa shape index (κ1) is 14.7. The second-order valence-electron chi connectivity index (χ2n) is 5.68. The summed E-state index contributed by atoms with van der Waals surface area (Å²) >= 11 is 12.2. The van der Waals surface area contributed by atoms with E-state index in [1.54, 1.807) is 6.07 Å². The topological polar surface area (TPSA) is 29.9 Å². The molecule has 3 nitrogen and oxygen atoms in total. The van der Waals surface area contributed by atoms with Crippen molar-refractivity contribution in [2.75, 3.05) is 5.32 Å². The van der Waals surface area contributed by atoms with Crippen LogP contribution in [0.25, 0.3) is 5.69 Å². The van der Waals surface area contributed by atoms with Crippen LogP contribution in [0.3, 0.4) is 0 Å². The maximum absolute atomic E-state index is 6.11. The summed E-state index contributed by atoms with van der Waals surface area (Å²) in [6.07, 6.45) is 8.35. The summed E-state index contributed by atoms with van der Waals surface area (Å²) in [6, 6.07) is 6.06. The Hall–Kier alpha value is -1.19. The molecule has 1 aliphatic carbocycles. The van der Waals surface area contributed by atoms with Crippen LogP contribution in [0.15, 0.2) is 24.4 Å². The number of aryl methyl sites for hydroxylation is 1. The Labute approximate surface area is 135 Å². The molecule has 0 aliphatic heterocycles. The summed E-state index contributed by atoms with van der Waals surface area (Å²) < 4.78 is 2.03. The fraction of sp³-hybridized carbons (Fsp3) is 0.438. The van der Waals surface area contributed by atoms with Crippen molar-refractivity contribution in [3.8, 4) is 5.69 Å². The summed E-state index contributed by atoms with van der Waals surface area (Å²) in [6.45, 7) is 1.99. The van der Waals surface area contributed by atoms with Crippen molar-refractivity contribution < 1.29 is 0 Å². The van der Waals surface area contributed by atoms with Gasteiger partial charge < -0.3 is 5.32 Å². The lowest BCUT2D eigenvalue weighted by atomic mass is 9.96. The molecule has 0 saturated heterocycles.